The molecule has 0 unspecified atom stereocenters. The fraction of sp³-hybridized carbons (Fsp3) is 0.235. The number of anilines is 1. The van der Waals surface area contributed by atoms with Gasteiger partial charge in [-0.3, -0.25) is 4.79 Å². The molecule has 6 heteroatoms. The molecule has 2 atom stereocenters. The monoisotopic (exact) mass is 371 g/mol. The van der Waals surface area contributed by atoms with Gasteiger partial charge in [0, 0.05) is 15.6 Å². The third-order valence-corrected chi connectivity index (χ3v) is 4.39. The molecule has 23 heavy (non-hydrogen) atoms. The van der Waals surface area contributed by atoms with Crippen LogP contribution >= 0.6 is 34.8 Å². The number of halogens is 3. The first-order chi connectivity index (χ1) is 10.9. The van der Waals surface area contributed by atoms with Gasteiger partial charge >= 0.3 is 0 Å². The first-order valence-corrected chi connectivity index (χ1v) is 8.36. The van der Waals surface area contributed by atoms with Gasteiger partial charge in [0.1, 0.15) is 6.04 Å². The van der Waals surface area contributed by atoms with Gasteiger partial charge in [0.15, 0.2) is 6.04 Å². The van der Waals surface area contributed by atoms with Crippen LogP contribution < -0.4 is 10.6 Å². The van der Waals surface area contributed by atoms with Crippen LogP contribution in [0.25, 0.3) is 0 Å². The number of benzene rings is 2. The minimum atomic E-state index is -0.282. The Bertz CT molecular complexity index is 689. The van der Waals surface area contributed by atoms with Crippen molar-refractivity contribution in [2.24, 2.45) is 0 Å². The van der Waals surface area contributed by atoms with Crippen LogP contribution in [0.5, 0.6) is 0 Å². The van der Waals surface area contributed by atoms with Crippen molar-refractivity contribution in [3.8, 4) is 0 Å². The third kappa shape index (κ3) is 5.11. The highest BCUT2D eigenvalue weighted by Gasteiger charge is 2.21. The molecule has 0 saturated heterocycles. The van der Waals surface area contributed by atoms with E-state index in [9.17, 15) is 4.79 Å². The molecule has 0 aliphatic rings. The number of hydrogen-bond acceptors (Lipinski definition) is 1. The molecule has 2 rings (SSSR count). The molecule has 122 valence electrons. The SMILES string of the molecule is C[C@@H]([NH2+][C@H](C)c1ccc(Cl)cc1)C(=O)Nc1cc(Cl)ccc1Cl. The first kappa shape index (κ1) is 18.1. The minimum Gasteiger partial charge on any atom is -0.330 e. The lowest BCUT2D eigenvalue weighted by Crippen LogP contribution is -2.91. The summed E-state index contributed by atoms with van der Waals surface area (Å²) in [4.78, 5) is 12.3. The van der Waals surface area contributed by atoms with Crippen LogP contribution in [0, 0.1) is 0 Å². The number of quaternary nitrogens is 1. The maximum absolute atomic E-state index is 12.3. The van der Waals surface area contributed by atoms with E-state index >= 15 is 0 Å². The average molecular weight is 373 g/mol. The van der Waals surface area contributed by atoms with Crippen LogP contribution in [0.3, 0.4) is 0 Å². The Morgan fingerprint density at radius 2 is 1.61 bits per heavy atom. The van der Waals surface area contributed by atoms with Gasteiger partial charge in [-0.15, -0.1) is 0 Å². The van der Waals surface area contributed by atoms with Crippen molar-refractivity contribution in [2.45, 2.75) is 25.9 Å². The van der Waals surface area contributed by atoms with Crippen LogP contribution in [0.1, 0.15) is 25.5 Å². The first-order valence-electron chi connectivity index (χ1n) is 7.23. The predicted octanol–water partition coefficient (Wildman–Crippen LogP) is 4.30. The molecule has 2 aromatic carbocycles. The third-order valence-electron chi connectivity index (χ3n) is 3.57. The zero-order valence-electron chi connectivity index (χ0n) is 12.8. The van der Waals surface area contributed by atoms with E-state index in [0.717, 1.165) is 5.56 Å². The van der Waals surface area contributed by atoms with Gasteiger partial charge in [0.05, 0.1) is 10.7 Å². The van der Waals surface area contributed by atoms with Gasteiger partial charge < -0.3 is 10.6 Å². The van der Waals surface area contributed by atoms with E-state index in [0.29, 0.717) is 20.8 Å². The molecule has 0 saturated carbocycles. The summed E-state index contributed by atoms with van der Waals surface area (Å²) < 4.78 is 0. The number of hydrogen-bond donors (Lipinski definition) is 2. The van der Waals surface area contributed by atoms with Crippen molar-refractivity contribution in [1.82, 2.24) is 0 Å². The van der Waals surface area contributed by atoms with E-state index in [1.807, 2.05) is 43.4 Å². The second-order valence-corrected chi connectivity index (χ2v) is 6.71. The molecule has 0 aliphatic heterocycles. The lowest BCUT2D eigenvalue weighted by Gasteiger charge is -2.17. The van der Waals surface area contributed by atoms with Crippen molar-refractivity contribution in [3.63, 3.8) is 0 Å². The molecule has 0 fully saturated rings. The van der Waals surface area contributed by atoms with E-state index in [1.165, 1.54) is 0 Å². The number of carbonyl (C=O) groups excluding carboxylic acids is 1. The number of carbonyl (C=O) groups is 1. The molecule has 3 nitrogen and oxygen atoms in total. The fourth-order valence-electron chi connectivity index (χ4n) is 2.24. The zero-order chi connectivity index (χ0) is 17.0. The predicted molar refractivity (Wildman–Crippen MR) is 96.3 cm³/mol. The van der Waals surface area contributed by atoms with Crippen molar-refractivity contribution in [3.05, 3.63) is 63.1 Å². The van der Waals surface area contributed by atoms with Gasteiger partial charge in [0.2, 0.25) is 0 Å². The summed E-state index contributed by atoms with van der Waals surface area (Å²) in [5.74, 6) is -0.130. The largest absolute Gasteiger partial charge is 0.330 e. The normalized spacial score (nSPS) is 13.4. The lowest BCUT2D eigenvalue weighted by molar-refractivity contribution is -0.709. The van der Waals surface area contributed by atoms with E-state index in [-0.39, 0.29) is 18.0 Å². The molecule has 3 N–H and O–H groups in total. The molecule has 0 heterocycles. The summed E-state index contributed by atoms with van der Waals surface area (Å²) >= 11 is 17.9. The lowest BCUT2D eigenvalue weighted by atomic mass is 10.1. The summed E-state index contributed by atoms with van der Waals surface area (Å²) in [5.41, 5.74) is 1.62. The van der Waals surface area contributed by atoms with Gasteiger partial charge in [-0.1, -0.05) is 46.9 Å². The van der Waals surface area contributed by atoms with Gasteiger partial charge in [-0.05, 0) is 44.2 Å². The van der Waals surface area contributed by atoms with Crippen LogP contribution in [0.2, 0.25) is 15.1 Å². The highest BCUT2D eigenvalue weighted by Crippen LogP contribution is 2.25. The second kappa shape index (κ2) is 8.02. The Kier molecular flexibility index (Phi) is 6.31. The fourth-order valence-corrected chi connectivity index (χ4v) is 2.70. The summed E-state index contributed by atoms with van der Waals surface area (Å²) in [6.45, 7) is 3.89. The van der Waals surface area contributed by atoms with E-state index in [2.05, 4.69) is 5.32 Å². The molecular weight excluding hydrogens is 355 g/mol. The topological polar surface area (TPSA) is 45.7 Å². The quantitative estimate of drug-likeness (QED) is 0.807. The van der Waals surface area contributed by atoms with Gasteiger partial charge in [-0.25, -0.2) is 0 Å². The van der Waals surface area contributed by atoms with Gasteiger partial charge in [-0.2, -0.15) is 0 Å². The summed E-state index contributed by atoms with van der Waals surface area (Å²) in [6, 6.07) is 12.4. The van der Waals surface area contributed by atoms with Gasteiger partial charge in [0.25, 0.3) is 5.91 Å². The Hall–Kier alpha value is -1.26. The number of rotatable bonds is 5. The van der Waals surface area contributed by atoms with Crippen molar-refractivity contribution in [2.75, 3.05) is 5.32 Å². The Balaban J connectivity index is 1.99. The Labute approximate surface area is 150 Å². The van der Waals surface area contributed by atoms with E-state index in [4.69, 9.17) is 34.8 Å². The van der Waals surface area contributed by atoms with E-state index < -0.39 is 0 Å². The standard InChI is InChI=1S/C17H17Cl3N2O/c1-10(12-3-5-13(18)6-4-12)21-11(2)17(23)22-16-9-14(19)7-8-15(16)20/h3-11,21H,1-2H3,(H,22,23)/p+1/t10-,11-/m1/s1. The number of nitrogens with two attached hydrogens (primary N) is 1. The molecular formula is C17H18Cl3N2O+. The van der Waals surface area contributed by atoms with E-state index in [1.54, 1.807) is 18.2 Å². The molecule has 0 spiro atoms. The molecule has 0 aromatic heterocycles. The average Bonchev–Trinajstić information content (AvgIpc) is 2.51. The van der Waals surface area contributed by atoms with Crippen molar-refractivity contribution >= 4 is 46.4 Å². The maximum atomic E-state index is 12.3. The summed E-state index contributed by atoms with van der Waals surface area (Å²) in [5, 5.41) is 6.47. The smallest absolute Gasteiger partial charge is 0.282 e. The molecule has 1 amide bonds. The Morgan fingerprint density at radius 3 is 2.26 bits per heavy atom. The zero-order valence-corrected chi connectivity index (χ0v) is 15.1. The summed E-state index contributed by atoms with van der Waals surface area (Å²) in [7, 11) is 0. The number of nitrogens with one attached hydrogen (secondary N) is 1. The van der Waals surface area contributed by atoms with Crippen molar-refractivity contribution in [1.29, 1.82) is 0 Å². The molecule has 0 bridgehead atoms. The van der Waals surface area contributed by atoms with Crippen molar-refractivity contribution < 1.29 is 10.1 Å². The van der Waals surface area contributed by atoms with Crippen LogP contribution in [-0.4, -0.2) is 11.9 Å². The van der Waals surface area contributed by atoms with Crippen LogP contribution in [-0.2, 0) is 4.79 Å². The minimum absolute atomic E-state index is 0.128. The summed E-state index contributed by atoms with van der Waals surface area (Å²) in [6.07, 6.45) is 0. The second-order valence-electron chi connectivity index (χ2n) is 5.43. The highest BCUT2D eigenvalue weighted by molar-refractivity contribution is 6.35. The molecule has 0 radical (unpaired) electrons. The number of amides is 1. The Morgan fingerprint density at radius 1 is 1.00 bits per heavy atom. The highest BCUT2D eigenvalue weighted by atomic mass is 35.5. The van der Waals surface area contributed by atoms with Crippen LogP contribution in [0.4, 0.5) is 5.69 Å². The maximum Gasteiger partial charge on any atom is 0.282 e. The van der Waals surface area contributed by atoms with Crippen LogP contribution in [0.15, 0.2) is 42.5 Å². The molecule has 2 aromatic rings. The molecule has 0 aliphatic carbocycles.